The first-order valence-corrected chi connectivity index (χ1v) is 6.64. The smallest absolute Gasteiger partial charge is 0.123 e. The quantitative estimate of drug-likeness (QED) is 0.709. The summed E-state index contributed by atoms with van der Waals surface area (Å²) in [7, 11) is 0. The van der Waals surface area contributed by atoms with Crippen molar-refractivity contribution in [3.05, 3.63) is 28.8 Å². The zero-order valence-electron chi connectivity index (χ0n) is 11.3. The van der Waals surface area contributed by atoms with Gasteiger partial charge in [0.15, 0.2) is 0 Å². The Morgan fingerprint density at radius 3 is 2.41 bits per heavy atom. The largest absolute Gasteiger partial charge is 0.489 e. The molecule has 0 N–H and O–H groups in total. The number of aryl methyl sites for hydroxylation is 2. The maximum atomic E-state index is 6.22. The number of halogens is 1. The van der Waals surface area contributed by atoms with Gasteiger partial charge in [-0.3, -0.25) is 0 Å². The Bertz CT molecular complexity index is 437. The zero-order chi connectivity index (χ0) is 12.8. The fraction of sp³-hybridized carbons (Fsp3) is 0.600. The van der Waals surface area contributed by atoms with E-state index >= 15 is 0 Å². The number of rotatable bonds is 2. The molecule has 0 bridgehead atoms. The molecule has 2 atom stereocenters. The lowest BCUT2D eigenvalue weighted by Gasteiger charge is -2.48. The highest BCUT2D eigenvalue weighted by Gasteiger charge is 2.49. The maximum Gasteiger partial charge on any atom is 0.123 e. The third-order valence-corrected chi connectivity index (χ3v) is 4.83. The minimum absolute atomic E-state index is 0.0750. The lowest BCUT2D eigenvalue weighted by molar-refractivity contribution is -0.0135. The van der Waals surface area contributed by atoms with E-state index in [0.29, 0.717) is 0 Å². The van der Waals surface area contributed by atoms with Gasteiger partial charge in [0.1, 0.15) is 11.9 Å². The van der Waals surface area contributed by atoms with E-state index in [0.717, 1.165) is 12.2 Å². The monoisotopic (exact) mass is 252 g/mol. The first kappa shape index (κ1) is 12.8. The van der Waals surface area contributed by atoms with Gasteiger partial charge in [0.25, 0.3) is 0 Å². The molecule has 1 aliphatic rings. The first-order chi connectivity index (χ1) is 7.82. The third-order valence-electron chi connectivity index (χ3n) is 4.09. The molecule has 2 unspecified atom stereocenters. The van der Waals surface area contributed by atoms with Crippen LogP contribution in [0, 0.1) is 26.2 Å². The Labute approximate surface area is 109 Å². The number of alkyl halides is 1. The average Bonchev–Trinajstić information content (AvgIpc) is 2.24. The van der Waals surface area contributed by atoms with E-state index in [4.69, 9.17) is 16.3 Å². The molecule has 0 spiro atoms. The van der Waals surface area contributed by atoms with Crippen molar-refractivity contribution in [3.8, 4) is 5.75 Å². The average molecular weight is 253 g/mol. The molecule has 1 aromatic rings. The molecule has 0 heterocycles. The van der Waals surface area contributed by atoms with Crippen LogP contribution in [-0.4, -0.2) is 11.5 Å². The summed E-state index contributed by atoms with van der Waals surface area (Å²) >= 11 is 6.22. The van der Waals surface area contributed by atoms with Crippen LogP contribution in [0.2, 0.25) is 0 Å². The van der Waals surface area contributed by atoms with Crippen LogP contribution in [0.3, 0.4) is 0 Å². The highest BCUT2D eigenvalue weighted by Crippen LogP contribution is 2.46. The molecular formula is C15H21ClO. The molecule has 0 aliphatic heterocycles. The summed E-state index contributed by atoms with van der Waals surface area (Å²) in [6.07, 6.45) is 1.19. The van der Waals surface area contributed by atoms with Crippen molar-refractivity contribution in [2.75, 3.05) is 0 Å². The van der Waals surface area contributed by atoms with Crippen LogP contribution < -0.4 is 4.74 Å². The van der Waals surface area contributed by atoms with Crippen molar-refractivity contribution >= 4 is 11.6 Å². The summed E-state index contributed by atoms with van der Waals surface area (Å²) in [4.78, 5) is 0. The minimum Gasteiger partial charge on any atom is -0.489 e. The normalized spacial score (nSPS) is 26.5. The molecule has 94 valence electrons. The molecular weight excluding hydrogens is 232 g/mol. The summed E-state index contributed by atoms with van der Waals surface area (Å²) in [5.41, 5.74) is 3.86. The van der Waals surface area contributed by atoms with Gasteiger partial charge >= 0.3 is 0 Å². The van der Waals surface area contributed by atoms with E-state index in [1.807, 2.05) is 0 Å². The summed E-state index contributed by atoms with van der Waals surface area (Å²) in [6.45, 7) is 10.7. The lowest BCUT2D eigenvalue weighted by Crippen LogP contribution is -2.53. The van der Waals surface area contributed by atoms with Gasteiger partial charge in [-0.1, -0.05) is 19.9 Å². The van der Waals surface area contributed by atoms with E-state index in [9.17, 15) is 0 Å². The van der Waals surface area contributed by atoms with Gasteiger partial charge in [-0.05, 0) is 43.5 Å². The van der Waals surface area contributed by atoms with E-state index in [-0.39, 0.29) is 16.9 Å². The molecule has 0 aromatic heterocycles. The van der Waals surface area contributed by atoms with E-state index in [1.165, 1.54) is 16.7 Å². The standard InChI is InChI=1S/C15H21ClO/c1-9-6-10(2)11(3)12(7-9)17-14-8-13(16)15(14,4)5/h6-7,13-14H,8H2,1-5H3. The SMILES string of the molecule is Cc1cc(C)c(C)c(OC2CC(Cl)C2(C)C)c1. The predicted molar refractivity (Wildman–Crippen MR) is 73.1 cm³/mol. The Morgan fingerprint density at radius 1 is 1.24 bits per heavy atom. The second-order valence-electron chi connectivity index (χ2n) is 5.84. The molecule has 2 heteroatoms. The topological polar surface area (TPSA) is 9.23 Å². The molecule has 0 saturated heterocycles. The van der Waals surface area contributed by atoms with E-state index in [2.05, 4.69) is 46.8 Å². The van der Waals surface area contributed by atoms with Crippen LogP contribution >= 0.6 is 11.6 Å². The van der Waals surface area contributed by atoms with Crippen LogP contribution in [0.5, 0.6) is 5.75 Å². The Hall–Kier alpha value is -0.690. The fourth-order valence-electron chi connectivity index (χ4n) is 2.31. The highest BCUT2D eigenvalue weighted by molar-refractivity contribution is 6.21. The molecule has 1 aliphatic carbocycles. The molecule has 1 fully saturated rings. The lowest BCUT2D eigenvalue weighted by atomic mass is 9.68. The Balaban J connectivity index is 2.20. The van der Waals surface area contributed by atoms with Crippen molar-refractivity contribution < 1.29 is 4.74 Å². The molecule has 2 rings (SSSR count). The second-order valence-corrected chi connectivity index (χ2v) is 6.36. The van der Waals surface area contributed by atoms with E-state index < -0.39 is 0 Å². The second kappa shape index (κ2) is 4.20. The van der Waals surface area contributed by atoms with Crippen molar-refractivity contribution in [1.82, 2.24) is 0 Å². The van der Waals surface area contributed by atoms with Crippen molar-refractivity contribution in [2.45, 2.75) is 52.5 Å². The van der Waals surface area contributed by atoms with Gasteiger partial charge in [0.05, 0.1) is 0 Å². The van der Waals surface area contributed by atoms with Crippen molar-refractivity contribution in [3.63, 3.8) is 0 Å². The predicted octanol–water partition coefficient (Wildman–Crippen LogP) is 4.40. The zero-order valence-corrected chi connectivity index (χ0v) is 12.1. The van der Waals surface area contributed by atoms with Gasteiger partial charge in [-0.25, -0.2) is 0 Å². The van der Waals surface area contributed by atoms with Gasteiger partial charge in [-0.2, -0.15) is 0 Å². The number of hydrogen-bond acceptors (Lipinski definition) is 1. The summed E-state index contributed by atoms with van der Waals surface area (Å²) < 4.78 is 6.14. The molecule has 1 saturated carbocycles. The van der Waals surface area contributed by atoms with Crippen LogP contribution in [0.4, 0.5) is 0 Å². The Morgan fingerprint density at radius 2 is 1.88 bits per heavy atom. The molecule has 0 radical (unpaired) electrons. The number of hydrogen-bond donors (Lipinski definition) is 0. The molecule has 0 amide bonds. The van der Waals surface area contributed by atoms with Gasteiger partial charge in [0, 0.05) is 17.2 Å². The minimum atomic E-state index is 0.0750. The van der Waals surface area contributed by atoms with Gasteiger partial charge in [0.2, 0.25) is 0 Å². The van der Waals surface area contributed by atoms with Crippen LogP contribution in [0.25, 0.3) is 0 Å². The van der Waals surface area contributed by atoms with E-state index in [1.54, 1.807) is 0 Å². The molecule has 17 heavy (non-hydrogen) atoms. The number of ether oxygens (including phenoxy) is 1. The third kappa shape index (κ3) is 2.18. The Kier molecular flexibility index (Phi) is 3.15. The summed E-state index contributed by atoms with van der Waals surface area (Å²) in [5.74, 6) is 1.02. The molecule has 1 nitrogen and oxygen atoms in total. The maximum absolute atomic E-state index is 6.22. The highest BCUT2D eigenvalue weighted by atomic mass is 35.5. The van der Waals surface area contributed by atoms with Crippen molar-refractivity contribution in [2.24, 2.45) is 5.41 Å². The van der Waals surface area contributed by atoms with Crippen LogP contribution in [0.15, 0.2) is 12.1 Å². The van der Waals surface area contributed by atoms with Crippen LogP contribution in [-0.2, 0) is 0 Å². The summed E-state index contributed by atoms with van der Waals surface area (Å²) in [5, 5.41) is 0.235. The molecule has 1 aromatic carbocycles. The van der Waals surface area contributed by atoms with Crippen LogP contribution in [0.1, 0.15) is 37.0 Å². The number of benzene rings is 1. The van der Waals surface area contributed by atoms with Gasteiger partial charge in [-0.15, -0.1) is 11.6 Å². The summed E-state index contributed by atoms with van der Waals surface area (Å²) in [6, 6.07) is 4.32. The van der Waals surface area contributed by atoms with Gasteiger partial charge < -0.3 is 4.74 Å². The van der Waals surface area contributed by atoms with Crippen molar-refractivity contribution in [1.29, 1.82) is 0 Å². The first-order valence-electron chi connectivity index (χ1n) is 6.21. The fourth-order valence-corrected chi connectivity index (χ4v) is 2.62.